The van der Waals surface area contributed by atoms with E-state index in [0.717, 1.165) is 5.56 Å². The first-order valence-corrected chi connectivity index (χ1v) is 12.2. The molecule has 0 unspecified atom stereocenters. The Balaban J connectivity index is 1.96. The van der Waals surface area contributed by atoms with E-state index in [9.17, 15) is 16.8 Å². The van der Waals surface area contributed by atoms with Gasteiger partial charge in [-0.25, -0.2) is 23.5 Å². The first-order valence-electron chi connectivity index (χ1n) is 9.20. The van der Waals surface area contributed by atoms with Crippen molar-refractivity contribution in [3.05, 3.63) is 53.6 Å². The number of sulfonamides is 1. The summed E-state index contributed by atoms with van der Waals surface area (Å²) in [5, 5.41) is 4.11. The van der Waals surface area contributed by atoms with Crippen LogP contribution in [0, 0.1) is 6.92 Å². The zero-order valence-corrected chi connectivity index (χ0v) is 18.3. The van der Waals surface area contributed by atoms with Crippen LogP contribution in [0.15, 0.2) is 36.7 Å². The molecule has 1 aliphatic heterocycles. The van der Waals surface area contributed by atoms with Crippen molar-refractivity contribution in [3.8, 4) is 5.75 Å². The van der Waals surface area contributed by atoms with Crippen LogP contribution in [-0.2, 0) is 31.5 Å². The van der Waals surface area contributed by atoms with Gasteiger partial charge in [0.1, 0.15) is 17.1 Å². The molecule has 3 rings (SSSR count). The van der Waals surface area contributed by atoms with E-state index in [1.807, 2.05) is 0 Å². The maximum absolute atomic E-state index is 13.4. The monoisotopic (exact) mass is 456 g/mol. The fraction of sp³-hybridized carbons (Fsp3) is 0.444. The van der Waals surface area contributed by atoms with Crippen molar-refractivity contribution >= 4 is 20.2 Å². The zero-order valence-electron chi connectivity index (χ0n) is 16.6. The van der Waals surface area contributed by atoms with Gasteiger partial charge < -0.3 is 9.47 Å². The Morgan fingerprint density at radius 1 is 1.17 bits per heavy atom. The smallest absolute Gasteiger partial charge is 0.290 e. The molecule has 1 aromatic heterocycles. The van der Waals surface area contributed by atoms with E-state index >= 15 is 0 Å². The van der Waals surface area contributed by atoms with Gasteiger partial charge >= 0.3 is 0 Å². The van der Waals surface area contributed by atoms with Crippen LogP contribution in [0.25, 0.3) is 0 Å². The molecule has 2 N–H and O–H groups in total. The molecule has 1 aliphatic rings. The van der Waals surface area contributed by atoms with Crippen molar-refractivity contribution < 1.29 is 26.3 Å². The minimum absolute atomic E-state index is 0.188. The number of ether oxygens (including phenoxy) is 2. The second-order valence-electron chi connectivity index (χ2n) is 6.96. The number of aryl methyl sites for hydroxylation is 1. The van der Waals surface area contributed by atoms with Gasteiger partial charge in [0, 0.05) is 19.0 Å². The molecule has 164 valence electrons. The third kappa shape index (κ3) is 4.95. The Labute approximate surface area is 176 Å². The van der Waals surface area contributed by atoms with E-state index in [-0.39, 0.29) is 12.2 Å². The normalized spacial score (nSPS) is 20.3. The minimum atomic E-state index is -4.58. The molecule has 0 bridgehead atoms. The van der Waals surface area contributed by atoms with Gasteiger partial charge in [0.2, 0.25) is 10.0 Å². The second-order valence-corrected chi connectivity index (χ2v) is 10.7. The molecule has 0 spiro atoms. The van der Waals surface area contributed by atoms with Gasteiger partial charge in [-0.3, -0.25) is 0 Å². The van der Waals surface area contributed by atoms with Crippen LogP contribution >= 0.6 is 0 Å². The highest BCUT2D eigenvalue weighted by Gasteiger charge is 2.45. The quantitative estimate of drug-likeness (QED) is 0.651. The Morgan fingerprint density at radius 2 is 1.80 bits per heavy atom. The lowest BCUT2D eigenvalue weighted by Gasteiger charge is -2.33. The van der Waals surface area contributed by atoms with Gasteiger partial charge in [0.05, 0.1) is 13.7 Å². The molecule has 0 saturated carbocycles. The standard InChI is InChI=1S/C18H24N4O6S2/c1-13-10-20-18(21-11-13)17-16(4-3-9-28-17)29(23,24)22(30(19,25)26)12-14-5-7-15(27-2)8-6-14/h5-8,10-11,16-17H,3-4,9,12H2,1-2H3,(H2,19,25,26)/t16-,17+/m0/s1. The zero-order chi connectivity index (χ0) is 21.9. The number of hydrogen-bond donors (Lipinski definition) is 1. The van der Waals surface area contributed by atoms with Gasteiger partial charge in [-0.1, -0.05) is 15.8 Å². The highest BCUT2D eigenvalue weighted by Crippen LogP contribution is 2.34. The van der Waals surface area contributed by atoms with Crippen LogP contribution in [0.1, 0.15) is 35.9 Å². The van der Waals surface area contributed by atoms with E-state index in [2.05, 4.69) is 9.97 Å². The minimum Gasteiger partial charge on any atom is -0.497 e. The Kier molecular flexibility index (Phi) is 6.72. The highest BCUT2D eigenvalue weighted by molar-refractivity contribution is 8.03. The van der Waals surface area contributed by atoms with E-state index in [4.69, 9.17) is 14.6 Å². The van der Waals surface area contributed by atoms with Crippen molar-refractivity contribution in [1.29, 1.82) is 0 Å². The summed E-state index contributed by atoms with van der Waals surface area (Å²) in [5.41, 5.74) is 1.24. The number of aromatic nitrogens is 2. The summed E-state index contributed by atoms with van der Waals surface area (Å²) in [6.07, 6.45) is 2.76. The van der Waals surface area contributed by atoms with Gasteiger partial charge in [-0.05, 0) is 43.0 Å². The van der Waals surface area contributed by atoms with E-state index in [0.29, 0.717) is 28.1 Å². The number of benzene rings is 1. The lowest BCUT2D eigenvalue weighted by Crippen LogP contribution is -2.48. The SMILES string of the molecule is COc1ccc(CN(S(N)(=O)=O)S(=O)(=O)[C@H]2CCCO[C@H]2c2ncc(C)cn2)cc1. The molecule has 2 aromatic rings. The Hall–Kier alpha value is -2.12. The molecular weight excluding hydrogens is 432 g/mol. The topological polar surface area (TPSA) is 142 Å². The molecule has 12 heteroatoms. The molecule has 1 fully saturated rings. The van der Waals surface area contributed by atoms with Crippen LogP contribution in [0.2, 0.25) is 0 Å². The van der Waals surface area contributed by atoms with Crippen molar-refractivity contribution in [2.45, 2.75) is 37.7 Å². The Morgan fingerprint density at radius 3 is 2.37 bits per heavy atom. The van der Waals surface area contributed by atoms with Crippen LogP contribution in [0.3, 0.4) is 0 Å². The fourth-order valence-electron chi connectivity index (χ4n) is 3.20. The largest absolute Gasteiger partial charge is 0.497 e. The number of methoxy groups -OCH3 is 1. The summed E-state index contributed by atoms with van der Waals surface area (Å²) in [7, 11) is -7.51. The maximum atomic E-state index is 13.4. The first kappa shape index (κ1) is 22.6. The molecule has 1 saturated heterocycles. The van der Waals surface area contributed by atoms with Gasteiger partial charge in [0.15, 0.2) is 5.82 Å². The van der Waals surface area contributed by atoms with Crippen LogP contribution < -0.4 is 9.88 Å². The van der Waals surface area contributed by atoms with E-state index in [1.165, 1.54) is 7.11 Å². The predicted molar refractivity (Wildman–Crippen MR) is 109 cm³/mol. The molecule has 0 aliphatic carbocycles. The Bertz CT molecular complexity index is 1070. The van der Waals surface area contributed by atoms with Crippen LogP contribution in [-0.4, -0.2) is 49.5 Å². The number of hydrogen-bond acceptors (Lipinski definition) is 8. The van der Waals surface area contributed by atoms with Gasteiger partial charge in [0.25, 0.3) is 10.2 Å². The molecular formula is C18H24N4O6S2. The van der Waals surface area contributed by atoms with Crippen LogP contribution in [0.4, 0.5) is 0 Å². The lowest BCUT2D eigenvalue weighted by atomic mass is 10.1. The number of nitrogens with zero attached hydrogens (tertiary/aromatic N) is 3. The average molecular weight is 457 g/mol. The lowest BCUT2D eigenvalue weighted by molar-refractivity contribution is 0.0117. The average Bonchev–Trinajstić information content (AvgIpc) is 2.72. The number of nitrogens with two attached hydrogens (primary N) is 1. The fourth-order valence-corrected chi connectivity index (χ4v) is 6.63. The molecule has 10 nitrogen and oxygen atoms in total. The summed E-state index contributed by atoms with van der Waals surface area (Å²) >= 11 is 0. The maximum Gasteiger partial charge on any atom is 0.290 e. The van der Waals surface area contributed by atoms with Gasteiger partial charge in [-0.15, -0.1) is 0 Å². The van der Waals surface area contributed by atoms with Crippen molar-refractivity contribution in [1.82, 2.24) is 13.7 Å². The third-order valence-electron chi connectivity index (χ3n) is 4.74. The third-order valence-corrected chi connectivity index (χ3v) is 8.63. The summed E-state index contributed by atoms with van der Waals surface area (Å²) in [6, 6.07) is 6.36. The van der Waals surface area contributed by atoms with Crippen molar-refractivity contribution in [2.24, 2.45) is 5.14 Å². The molecule has 2 atom stereocenters. The van der Waals surface area contributed by atoms with Gasteiger partial charge in [-0.2, -0.15) is 8.42 Å². The molecule has 0 radical (unpaired) electrons. The second kappa shape index (κ2) is 8.94. The van der Waals surface area contributed by atoms with Crippen molar-refractivity contribution in [3.63, 3.8) is 0 Å². The van der Waals surface area contributed by atoms with Crippen molar-refractivity contribution in [2.75, 3.05) is 13.7 Å². The summed E-state index contributed by atoms with van der Waals surface area (Å²) in [5.74, 6) is 0.744. The van der Waals surface area contributed by atoms with E-state index < -0.39 is 38.1 Å². The van der Waals surface area contributed by atoms with E-state index in [1.54, 1.807) is 43.6 Å². The molecule has 1 aromatic carbocycles. The van der Waals surface area contributed by atoms with Crippen LogP contribution in [0.5, 0.6) is 5.75 Å². The molecule has 0 amide bonds. The summed E-state index contributed by atoms with van der Waals surface area (Å²) in [6.45, 7) is 1.68. The molecule has 30 heavy (non-hydrogen) atoms. The first-order chi connectivity index (χ1) is 14.1. The molecule has 2 heterocycles. The predicted octanol–water partition coefficient (Wildman–Crippen LogP) is 1.05. The summed E-state index contributed by atoms with van der Waals surface area (Å²) < 4.78 is 62.4. The summed E-state index contributed by atoms with van der Waals surface area (Å²) in [4.78, 5) is 8.35. The highest BCUT2D eigenvalue weighted by atomic mass is 32.3. The number of rotatable bonds is 7.